The van der Waals surface area contributed by atoms with E-state index in [9.17, 15) is 19.4 Å². The molecule has 32 heavy (non-hydrogen) atoms. The standard InChI is InChI=1S/C23H38NO7P/c1-2-3-4-5-6-7-8-9-10-11-12-13-14-15-16-17-23(26)29-20-22(25)21-31-32(27,28)30-19-18-24/h3-4,6-7,9-10,12-13,15-16,22,25H,2,5,8,11,14,17-21,24H2,1H3,(H,27,28)/b4-3-,7-6-,10-9-,13-12-,16-15-. The van der Waals surface area contributed by atoms with Crippen LogP contribution in [0.3, 0.4) is 0 Å². The van der Waals surface area contributed by atoms with E-state index in [1.54, 1.807) is 6.08 Å². The SMILES string of the molecule is CC/C=C\C/C=C\C/C=C\C/C=C\C/C=C\CC(=O)OCC(O)COP(=O)(O)OCCN. The lowest BCUT2D eigenvalue weighted by atomic mass is 10.2. The number of hydrogen-bond donors (Lipinski definition) is 3. The normalized spacial score (nSPS) is 15.5. The molecule has 0 aromatic carbocycles. The van der Waals surface area contributed by atoms with Crippen LogP contribution in [-0.4, -0.2) is 48.4 Å². The first-order valence-corrected chi connectivity index (χ1v) is 12.3. The fraction of sp³-hybridized carbons (Fsp3) is 0.522. The maximum absolute atomic E-state index is 11.6. The van der Waals surface area contributed by atoms with Crippen molar-refractivity contribution in [1.29, 1.82) is 0 Å². The summed E-state index contributed by atoms with van der Waals surface area (Å²) in [7, 11) is -4.26. The average Bonchev–Trinajstić information content (AvgIpc) is 2.77. The predicted molar refractivity (Wildman–Crippen MR) is 127 cm³/mol. The number of rotatable bonds is 19. The van der Waals surface area contributed by atoms with Gasteiger partial charge in [0.1, 0.15) is 12.7 Å². The Hall–Kier alpha value is -1.80. The van der Waals surface area contributed by atoms with Crippen molar-refractivity contribution < 1.29 is 33.1 Å². The van der Waals surface area contributed by atoms with Crippen LogP contribution in [0.4, 0.5) is 0 Å². The molecule has 2 unspecified atom stereocenters. The van der Waals surface area contributed by atoms with E-state index in [-0.39, 0.29) is 26.2 Å². The lowest BCUT2D eigenvalue weighted by molar-refractivity contribution is -0.146. The summed E-state index contributed by atoms with van der Waals surface area (Å²) in [5.74, 6) is -0.517. The van der Waals surface area contributed by atoms with E-state index >= 15 is 0 Å². The monoisotopic (exact) mass is 471 g/mol. The van der Waals surface area contributed by atoms with Gasteiger partial charge in [-0.3, -0.25) is 13.8 Å². The van der Waals surface area contributed by atoms with Gasteiger partial charge in [0.05, 0.1) is 19.6 Å². The minimum absolute atomic E-state index is 0.0594. The first-order valence-electron chi connectivity index (χ1n) is 10.8. The lowest BCUT2D eigenvalue weighted by Gasteiger charge is -2.14. The zero-order valence-corrected chi connectivity index (χ0v) is 19.8. The molecule has 0 rings (SSSR count). The van der Waals surface area contributed by atoms with Crippen LogP contribution in [0.25, 0.3) is 0 Å². The number of carbonyl (C=O) groups excluding carboxylic acids is 1. The second kappa shape index (κ2) is 21.1. The molecule has 0 fully saturated rings. The van der Waals surface area contributed by atoms with Gasteiger partial charge in [-0.25, -0.2) is 4.57 Å². The maximum Gasteiger partial charge on any atom is 0.472 e. The summed E-state index contributed by atoms with van der Waals surface area (Å²) in [5, 5.41) is 9.64. The molecule has 0 radical (unpaired) electrons. The Labute approximate surface area is 191 Å². The number of hydrogen-bond acceptors (Lipinski definition) is 7. The summed E-state index contributed by atoms with van der Waals surface area (Å²) in [5.41, 5.74) is 5.15. The Morgan fingerprint density at radius 1 is 0.875 bits per heavy atom. The van der Waals surface area contributed by atoms with Crippen molar-refractivity contribution in [3.05, 3.63) is 60.8 Å². The number of allylic oxidation sites excluding steroid dienone is 9. The molecule has 0 bridgehead atoms. The molecule has 0 aliphatic heterocycles. The molecule has 0 saturated carbocycles. The molecule has 0 heterocycles. The van der Waals surface area contributed by atoms with Crippen molar-refractivity contribution in [1.82, 2.24) is 0 Å². The number of nitrogens with two attached hydrogens (primary N) is 1. The van der Waals surface area contributed by atoms with Crippen LogP contribution in [0, 0.1) is 0 Å². The molecule has 182 valence electrons. The molecule has 0 spiro atoms. The Kier molecular flexibility index (Phi) is 19.9. The second-order valence-corrected chi connectivity index (χ2v) is 8.09. The van der Waals surface area contributed by atoms with Crippen LogP contribution in [-0.2, 0) is 23.1 Å². The number of phosphoric acid groups is 1. The van der Waals surface area contributed by atoms with Crippen LogP contribution in [0.15, 0.2) is 60.8 Å². The smallest absolute Gasteiger partial charge is 0.463 e. The van der Waals surface area contributed by atoms with E-state index in [0.29, 0.717) is 6.42 Å². The molecule has 0 saturated heterocycles. The van der Waals surface area contributed by atoms with Gasteiger partial charge in [-0.05, 0) is 32.1 Å². The fourth-order valence-corrected chi connectivity index (χ4v) is 2.88. The van der Waals surface area contributed by atoms with E-state index in [1.165, 1.54) is 0 Å². The summed E-state index contributed by atoms with van der Waals surface area (Å²) in [4.78, 5) is 20.9. The molecule has 0 aromatic rings. The molecular formula is C23H38NO7P. The highest BCUT2D eigenvalue weighted by atomic mass is 31.2. The van der Waals surface area contributed by atoms with E-state index in [4.69, 9.17) is 10.5 Å². The highest BCUT2D eigenvalue weighted by molar-refractivity contribution is 7.47. The van der Waals surface area contributed by atoms with Crippen molar-refractivity contribution in [2.24, 2.45) is 5.73 Å². The average molecular weight is 472 g/mol. The Balaban J connectivity index is 3.79. The molecule has 0 aromatic heterocycles. The van der Waals surface area contributed by atoms with Crippen LogP contribution in [0.5, 0.6) is 0 Å². The third-order valence-corrected chi connectivity index (χ3v) is 4.67. The molecule has 2 atom stereocenters. The van der Waals surface area contributed by atoms with Gasteiger partial charge in [-0.2, -0.15) is 0 Å². The van der Waals surface area contributed by atoms with Crippen molar-refractivity contribution >= 4 is 13.8 Å². The number of phosphoric ester groups is 1. The molecule has 4 N–H and O–H groups in total. The summed E-state index contributed by atoms with van der Waals surface area (Å²) in [6, 6.07) is 0. The molecule has 0 aliphatic carbocycles. The first-order chi connectivity index (χ1) is 15.4. The lowest BCUT2D eigenvalue weighted by Crippen LogP contribution is -2.23. The Bertz CT molecular complexity index is 671. The molecular weight excluding hydrogens is 433 g/mol. The molecule has 9 heteroatoms. The van der Waals surface area contributed by atoms with Crippen molar-refractivity contribution in [3.63, 3.8) is 0 Å². The summed E-state index contributed by atoms with van der Waals surface area (Å²) in [6.45, 7) is 1.18. The Morgan fingerprint density at radius 2 is 1.38 bits per heavy atom. The quantitative estimate of drug-likeness (QED) is 0.146. The first kappa shape index (κ1) is 30.2. The van der Waals surface area contributed by atoms with E-state index in [2.05, 4.69) is 58.5 Å². The van der Waals surface area contributed by atoms with Crippen LogP contribution < -0.4 is 5.73 Å². The number of aliphatic hydroxyl groups excluding tert-OH is 1. The molecule has 8 nitrogen and oxygen atoms in total. The minimum Gasteiger partial charge on any atom is -0.463 e. The third kappa shape index (κ3) is 21.4. The van der Waals surface area contributed by atoms with Gasteiger partial charge < -0.3 is 20.5 Å². The second-order valence-electron chi connectivity index (χ2n) is 6.64. The van der Waals surface area contributed by atoms with Crippen LogP contribution in [0.1, 0.15) is 45.4 Å². The highest BCUT2D eigenvalue weighted by Gasteiger charge is 2.22. The zero-order chi connectivity index (χ0) is 23.9. The van der Waals surface area contributed by atoms with Gasteiger partial charge in [0.15, 0.2) is 0 Å². The van der Waals surface area contributed by atoms with Gasteiger partial charge in [0.25, 0.3) is 0 Å². The topological polar surface area (TPSA) is 128 Å². The fourth-order valence-electron chi connectivity index (χ4n) is 2.11. The van der Waals surface area contributed by atoms with Crippen LogP contribution in [0.2, 0.25) is 0 Å². The number of ether oxygens (including phenoxy) is 1. The van der Waals surface area contributed by atoms with Crippen molar-refractivity contribution in [3.8, 4) is 0 Å². The van der Waals surface area contributed by atoms with Gasteiger partial charge in [0.2, 0.25) is 0 Å². The van der Waals surface area contributed by atoms with E-state index < -0.39 is 26.5 Å². The number of esters is 1. The number of carbonyl (C=O) groups is 1. The highest BCUT2D eigenvalue weighted by Crippen LogP contribution is 2.42. The number of aliphatic hydroxyl groups is 1. The maximum atomic E-state index is 11.6. The molecule has 0 aliphatic rings. The largest absolute Gasteiger partial charge is 0.472 e. The summed E-state index contributed by atoms with van der Waals surface area (Å²) >= 11 is 0. The Morgan fingerprint density at radius 3 is 1.88 bits per heavy atom. The molecule has 0 amide bonds. The summed E-state index contributed by atoms with van der Waals surface area (Å²) < 4.78 is 25.4. The van der Waals surface area contributed by atoms with E-state index in [1.807, 2.05) is 12.2 Å². The van der Waals surface area contributed by atoms with Crippen LogP contribution >= 0.6 is 7.82 Å². The van der Waals surface area contributed by atoms with Gasteiger partial charge >= 0.3 is 13.8 Å². The van der Waals surface area contributed by atoms with Gasteiger partial charge in [0, 0.05) is 6.54 Å². The van der Waals surface area contributed by atoms with Gasteiger partial charge in [-0.15, -0.1) is 0 Å². The minimum atomic E-state index is -4.26. The van der Waals surface area contributed by atoms with Gasteiger partial charge in [-0.1, -0.05) is 67.7 Å². The van der Waals surface area contributed by atoms with Crippen molar-refractivity contribution in [2.45, 2.75) is 51.6 Å². The third-order valence-electron chi connectivity index (χ3n) is 3.68. The van der Waals surface area contributed by atoms with E-state index in [0.717, 1.165) is 25.7 Å². The summed E-state index contributed by atoms with van der Waals surface area (Å²) in [6.07, 6.45) is 23.8. The van der Waals surface area contributed by atoms with Crippen molar-refractivity contribution in [2.75, 3.05) is 26.4 Å². The zero-order valence-electron chi connectivity index (χ0n) is 18.9. The predicted octanol–water partition coefficient (Wildman–Crippen LogP) is 4.12.